The first-order valence-electron chi connectivity index (χ1n) is 6.75. The van der Waals surface area contributed by atoms with Gasteiger partial charge in [-0.05, 0) is 40.8 Å². The predicted octanol–water partition coefficient (Wildman–Crippen LogP) is 2.65. The molecule has 0 amide bonds. The molecule has 0 unspecified atom stereocenters. The van der Waals surface area contributed by atoms with Gasteiger partial charge in [0.2, 0.25) is 0 Å². The molecule has 0 aliphatic carbocycles. The molecule has 0 radical (unpaired) electrons. The summed E-state index contributed by atoms with van der Waals surface area (Å²) in [5, 5.41) is 0.994. The van der Waals surface area contributed by atoms with E-state index in [1.54, 1.807) is 16.7 Å². The van der Waals surface area contributed by atoms with Gasteiger partial charge in [0.25, 0.3) is 5.56 Å². The van der Waals surface area contributed by atoms with Gasteiger partial charge in [0.05, 0.1) is 12.1 Å². The van der Waals surface area contributed by atoms with Crippen LogP contribution in [0.25, 0.3) is 10.9 Å². The first-order valence-corrected chi connectivity index (χ1v) is 6.75. The Morgan fingerprint density at radius 1 is 1.00 bits per heavy atom. The van der Waals surface area contributed by atoms with Gasteiger partial charge < -0.3 is 10.3 Å². The summed E-state index contributed by atoms with van der Waals surface area (Å²) in [5.74, 6) is -0.315. The number of halogens is 1. The smallest absolute Gasteiger partial charge is 0.251 e. The molecule has 0 saturated heterocycles. The summed E-state index contributed by atoms with van der Waals surface area (Å²) in [4.78, 5) is 12.2. The monoisotopic (exact) mass is 282 g/mol. The maximum absolute atomic E-state index is 13.3. The molecule has 0 atom stereocenters. The summed E-state index contributed by atoms with van der Waals surface area (Å²) in [6.45, 7) is 0.625. The normalized spacial score (nSPS) is 11.0. The Morgan fingerprint density at radius 3 is 2.62 bits per heavy atom. The van der Waals surface area contributed by atoms with Crippen molar-refractivity contribution in [2.45, 2.75) is 13.1 Å². The third kappa shape index (κ3) is 2.58. The standard InChI is InChI=1S/C17H15FN2O/c18-15-7-5-13(14(9-15)10-19)11-20-16-4-2-1-3-12(16)6-8-17(20)21/h1-9H,10-11,19H2. The van der Waals surface area contributed by atoms with Gasteiger partial charge in [-0.25, -0.2) is 4.39 Å². The van der Waals surface area contributed by atoms with Gasteiger partial charge >= 0.3 is 0 Å². The van der Waals surface area contributed by atoms with Crippen molar-refractivity contribution in [3.05, 3.63) is 81.9 Å². The minimum atomic E-state index is -0.315. The molecule has 4 heteroatoms. The van der Waals surface area contributed by atoms with Gasteiger partial charge in [0, 0.05) is 12.6 Å². The highest BCUT2D eigenvalue weighted by molar-refractivity contribution is 5.78. The number of hydrogen-bond acceptors (Lipinski definition) is 2. The van der Waals surface area contributed by atoms with E-state index in [-0.39, 0.29) is 17.9 Å². The first-order chi connectivity index (χ1) is 10.2. The molecule has 3 rings (SSSR count). The van der Waals surface area contributed by atoms with E-state index < -0.39 is 0 Å². The molecule has 21 heavy (non-hydrogen) atoms. The van der Waals surface area contributed by atoms with Crippen LogP contribution in [0.1, 0.15) is 11.1 Å². The van der Waals surface area contributed by atoms with Gasteiger partial charge in [-0.15, -0.1) is 0 Å². The third-order valence-corrected chi connectivity index (χ3v) is 3.62. The Hall–Kier alpha value is -2.46. The van der Waals surface area contributed by atoms with Gasteiger partial charge in [-0.1, -0.05) is 24.3 Å². The zero-order valence-electron chi connectivity index (χ0n) is 11.4. The topological polar surface area (TPSA) is 48.0 Å². The highest BCUT2D eigenvalue weighted by Crippen LogP contribution is 2.16. The largest absolute Gasteiger partial charge is 0.326 e. The number of aromatic nitrogens is 1. The van der Waals surface area contributed by atoms with Crippen LogP contribution in [-0.4, -0.2) is 4.57 Å². The molecule has 0 bridgehead atoms. The molecule has 1 heterocycles. The van der Waals surface area contributed by atoms with Crippen LogP contribution in [0.3, 0.4) is 0 Å². The highest BCUT2D eigenvalue weighted by Gasteiger charge is 2.07. The molecule has 2 aromatic carbocycles. The summed E-state index contributed by atoms with van der Waals surface area (Å²) >= 11 is 0. The van der Waals surface area contributed by atoms with E-state index in [0.717, 1.165) is 22.0 Å². The zero-order chi connectivity index (χ0) is 14.8. The Kier molecular flexibility index (Phi) is 3.54. The number of nitrogens with zero attached hydrogens (tertiary/aromatic N) is 1. The van der Waals surface area contributed by atoms with Crippen LogP contribution in [0, 0.1) is 5.82 Å². The lowest BCUT2D eigenvalue weighted by Gasteiger charge is -2.13. The maximum Gasteiger partial charge on any atom is 0.251 e. The molecule has 106 valence electrons. The predicted molar refractivity (Wildman–Crippen MR) is 81.6 cm³/mol. The molecule has 3 nitrogen and oxygen atoms in total. The van der Waals surface area contributed by atoms with Crippen molar-refractivity contribution in [3.8, 4) is 0 Å². The van der Waals surface area contributed by atoms with Gasteiger partial charge in [0.15, 0.2) is 0 Å². The van der Waals surface area contributed by atoms with Crippen molar-refractivity contribution >= 4 is 10.9 Å². The van der Waals surface area contributed by atoms with Crippen LogP contribution in [-0.2, 0) is 13.1 Å². The van der Waals surface area contributed by atoms with Crippen LogP contribution in [0.15, 0.2) is 59.4 Å². The second-order valence-electron chi connectivity index (χ2n) is 4.93. The fraction of sp³-hybridized carbons (Fsp3) is 0.118. The van der Waals surface area contributed by atoms with Crippen molar-refractivity contribution in [3.63, 3.8) is 0 Å². The molecular formula is C17H15FN2O. The van der Waals surface area contributed by atoms with E-state index in [2.05, 4.69) is 0 Å². The van der Waals surface area contributed by atoms with E-state index in [0.29, 0.717) is 6.54 Å². The molecule has 0 saturated carbocycles. The van der Waals surface area contributed by atoms with Crippen molar-refractivity contribution in [2.24, 2.45) is 5.73 Å². The SMILES string of the molecule is NCc1cc(F)ccc1Cn1c(=O)ccc2ccccc21. The summed E-state index contributed by atoms with van der Waals surface area (Å²) < 4.78 is 15.0. The summed E-state index contributed by atoms with van der Waals surface area (Å²) in [6, 6.07) is 15.5. The Morgan fingerprint density at radius 2 is 1.81 bits per heavy atom. The van der Waals surface area contributed by atoms with Crippen molar-refractivity contribution in [1.82, 2.24) is 4.57 Å². The Bertz CT molecular complexity index is 855. The fourth-order valence-corrected chi connectivity index (χ4v) is 2.52. The van der Waals surface area contributed by atoms with E-state index >= 15 is 0 Å². The molecular weight excluding hydrogens is 267 g/mol. The molecule has 2 N–H and O–H groups in total. The second-order valence-corrected chi connectivity index (χ2v) is 4.93. The average molecular weight is 282 g/mol. The third-order valence-electron chi connectivity index (χ3n) is 3.62. The van der Waals surface area contributed by atoms with Crippen LogP contribution < -0.4 is 11.3 Å². The minimum Gasteiger partial charge on any atom is -0.326 e. The number of rotatable bonds is 3. The summed E-state index contributed by atoms with van der Waals surface area (Å²) in [6.07, 6.45) is 0. The van der Waals surface area contributed by atoms with E-state index in [9.17, 15) is 9.18 Å². The average Bonchev–Trinajstić information content (AvgIpc) is 2.51. The van der Waals surface area contributed by atoms with Crippen LogP contribution in [0.2, 0.25) is 0 Å². The second kappa shape index (κ2) is 5.50. The number of hydrogen-bond donors (Lipinski definition) is 1. The number of pyridine rings is 1. The van der Waals surface area contributed by atoms with Crippen LogP contribution in [0.4, 0.5) is 4.39 Å². The molecule has 0 fully saturated rings. The number of fused-ring (bicyclic) bond motifs is 1. The summed E-state index contributed by atoms with van der Waals surface area (Å²) in [7, 11) is 0. The number of para-hydroxylation sites is 1. The lowest BCUT2D eigenvalue weighted by atomic mass is 10.1. The fourth-order valence-electron chi connectivity index (χ4n) is 2.52. The summed E-state index contributed by atoms with van der Waals surface area (Å²) in [5.41, 5.74) is 8.02. The van der Waals surface area contributed by atoms with Crippen molar-refractivity contribution in [2.75, 3.05) is 0 Å². The van der Waals surface area contributed by atoms with E-state index in [1.807, 2.05) is 30.3 Å². The Labute approximate surface area is 121 Å². The molecule has 0 spiro atoms. The van der Waals surface area contributed by atoms with Crippen LogP contribution in [0.5, 0.6) is 0 Å². The molecule has 0 aliphatic rings. The van der Waals surface area contributed by atoms with Crippen molar-refractivity contribution in [1.29, 1.82) is 0 Å². The van der Waals surface area contributed by atoms with E-state index in [4.69, 9.17) is 5.73 Å². The minimum absolute atomic E-state index is 0.0824. The van der Waals surface area contributed by atoms with Gasteiger partial charge in [0.1, 0.15) is 5.82 Å². The number of nitrogens with two attached hydrogens (primary N) is 1. The quantitative estimate of drug-likeness (QED) is 0.803. The number of benzene rings is 2. The van der Waals surface area contributed by atoms with E-state index in [1.165, 1.54) is 12.1 Å². The molecule has 0 aliphatic heterocycles. The van der Waals surface area contributed by atoms with Crippen LogP contribution >= 0.6 is 0 Å². The lowest BCUT2D eigenvalue weighted by Crippen LogP contribution is -2.21. The van der Waals surface area contributed by atoms with Crippen molar-refractivity contribution < 1.29 is 4.39 Å². The molecule has 1 aromatic heterocycles. The van der Waals surface area contributed by atoms with Gasteiger partial charge in [-0.2, -0.15) is 0 Å². The Balaban J connectivity index is 2.14. The molecule has 3 aromatic rings. The lowest BCUT2D eigenvalue weighted by molar-refractivity contribution is 0.623. The zero-order valence-corrected chi connectivity index (χ0v) is 11.4. The highest BCUT2D eigenvalue weighted by atomic mass is 19.1. The van der Waals surface area contributed by atoms with Gasteiger partial charge in [-0.3, -0.25) is 4.79 Å². The maximum atomic E-state index is 13.3. The first kappa shape index (κ1) is 13.5.